The highest BCUT2D eigenvalue weighted by Gasteiger charge is 2.17. The maximum atomic E-state index is 11.5. The van der Waals surface area contributed by atoms with Gasteiger partial charge in [0, 0.05) is 18.0 Å². The largest absolute Gasteiger partial charge is 0.365 e. The minimum atomic E-state index is -1.39. The van der Waals surface area contributed by atoms with Gasteiger partial charge in [-0.25, -0.2) is 9.97 Å². The summed E-state index contributed by atoms with van der Waals surface area (Å²) in [5.41, 5.74) is 5.02. The molecule has 0 aliphatic carbocycles. The SMILES string of the molecule is C[S@](=O)c1nc(NC(C)(C)C)ncc1C(N)=O. The monoisotopic (exact) mass is 256 g/mol. The van der Waals surface area contributed by atoms with Gasteiger partial charge in [0.05, 0.1) is 16.4 Å². The van der Waals surface area contributed by atoms with Crippen molar-refractivity contribution in [2.45, 2.75) is 31.3 Å². The summed E-state index contributed by atoms with van der Waals surface area (Å²) in [5.74, 6) is -0.356. The van der Waals surface area contributed by atoms with Gasteiger partial charge in [-0.2, -0.15) is 0 Å². The zero-order valence-corrected chi connectivity index (χ0v) is 11.1. The van der Waals surface area contributed by atoms with Crippen LogP contribution in [-0.2, 0) is 10.8 Å². The lowest BCUT2D eigenvalue weighted by molar-refractivity contribution is 0.0996. The van der Waals surface area contributed by atoms with E-state index in [1.54, 1.807) is 0 Å². The first-order valence-electron chi connectivity index (χ1n) is 4.99. The van der Waals surface area contributed by atoms with E-state index in [0.29, 0.717) is 5.95 Å². The highest BCUT2D eigenvalue weighted by molar-refractivity contribution is 7.84. The Kier molecular flexibility index (Phi) is 3.82. The van der Waals surface area contributed by atoms with E-state index in [1.165, 1.54) is 12.5 Å². The predicted molar refractivity (Wildman–Crippen MR) is 66.3 cm³/mol. The van der Waals surface area contributed by atoms with Gasteiger partial charge in [-0.05, 0) is 20.8 Å². The Morgan fingerprint density at radius 3 is 2.47 bits per heavy atom. The van der Waals surface area contributed by atoms with Crippen LogP contribution in [0.3, 0.4) is 0 Å². The average molecular weight is 256 g/mol. The van der Waals surface area contributed by atoms with Gasteiger partial charge in [0.25, 0.3) is 5.91 Å². The van der Waals surface area contributed by atoms with Crippen molar-refractivity contribution in [1.29, 1.82) is 0 Å². The van der Waals surface area contributed by atoms with Gasteiger partial charge < -0.3 is 11.1 Å². The predicted octanol–water partition coefficient (Wildman–Crippen LogP) is 0.523. The molecule has 7 heteroatoms. The fraction of sp³-hybridized carbons (Fsp3) is 0.500. The van der Waals surface area contributed by atoms with Crippen LogP contribution in [0.5, 0.6) is 0 Å². The fourth-order valence-corrected chi connectivity index (χ4v) is 1.83. The molecule has 94 valence electrons. The molecule has 0 unspecified atom stereocenters. The van der Waals surface area contributed by atoms with E-state index in [0.717, 1.165) is 0 Å². The highest BCUT2D eigenvalue weighted by Crippen LogP contribution is 2.14. The number of carbonyl (C=O) groups is 1. The summed E-state index contributed by atoms with van der Waals surface area (Å²) < 4.78 is 11.5. The van der Waals surface area contributed by atoms with Gasteiger partial charge in [-0.1, -0.05) is 0 Å². The van der Waals surface area contributed by atoms with Gasteiger partial charge in [-0.15, -0.1) is 0 Å². The van der Waals surface area contributed by atoms with Gasteiger partial charge >= 0.3 is 0 Å². The van der Waals surface area contributed by atoms with Crippen molar-refractivity contribution < 1.29 is 9.00 Å². The van der Waals surface area contributed by atoms with Gasteiger partial charge in [-0.3, -0.25) is 9.00 Å². The van der Waals surface area contributed by atoms with Crippen LogP contribution < -0.4 is 11.1 Å². The van der Waals surface area contributed by atoms with E-state index < -0.39 is 16.7 Å². The number of nitrogens with zero attached hydrogens (tertiary/aromatic N) is 2. The number of hydrogen-bond donors (Lipinski definition) is 2. The lowest BCUT2D eigenvalue weighted by atomic mass is 10.1. The Balaban J connectivity index is 3.19. The van der Waals surface area contributed by atoms with Crippen molar-refractivity contribution in [3.05, 3.63) is 11.8 Å². The molecule has 1 amide bonds. The summed E-state index contributed by atoms with van der Waals surface area (Å²) in [5, 5.41) is 3.19. The molecule has 0 fully saturated rings. The number of hydrogen-bond acceptors (Lipinski definition) is 5. The van der Waals surface area contributed by atoms with Crippen molar-refractivity contribution in [1.82, 2.24) is 9.97 Å². The number of amides is 1. The number of aromatic nitrogens is 2. The zero-order valence-electron chi connectivity index (χ0n) is 10.3. The van der Waals surface area contributed by atoms with E-state index in [2.05, 4.69) is 15.3 Å². The van der Waals surface area contributed by atoms with Crippen molar-refractivity contribution in [2.75, 3.05) is 11.6 Å². The van der Waals surface area contributed by atoms with Crippen LogP contribution in [0.4, 0.5) is 5.95 Å². The molecule has 0 aliphatic rings. The van der Waals surface area contributed by atoms with Crippen LogP contribution >= 0.6 is 0 Å². The van der Waals surface area contributed by atoms with Crippen LogP contribution in [0.2, 0.25) is 0 Å². The molecular weight excluding hydrogens is 240 g/mol. The number of primary amides is 1. The van der Waals surface area contributed by atoms with E-state index in [1.807, 2.05) is 20.8 Å². The second-order valence-electron chi connectivity index (χ2n) is 4.61. The normalized spacial score (nSPS) is 13.2. The van der Waals surface area contributed by atoms with E-state index in [-0.39, 0.29) is 16.1 Å². The molecule has 0 saturated carbocycles. The van der Waals surface area contributed by atoms with Crippen LogP contribution in [0.25, 0.3) is 0 Å². The Labute approximate surface area is 102 Å². The third-order valence-corrected chi connectivity index (χ3v) is 2.63. The molecule has 1 heterocycles. The lowest BCUT2D eigenvalue weighted by Crippen LogP contribution is -2.28. The molecule has 0 radical (unpaired) electrons. The van der Waals surface area contributed by atoms with E-state index in [4.69, 9.17) is 5.73 Å². The molecule has 6 nitrogen and oxygen atoms in total. The topological polar surface area (TPSA) is 98.0 Å². The number of nitrogens with one attached hydrogen (secondary N) is 1. The molecule has 1 atom stereocenters. The molecule has 3 N–H and O–H groups in total. The highest BCUT2D eigenvalue weighted by atomic mass is 32.2. The number of rotatable bonds is 3. The lowest BCUT2D eigenvalue weighted by Gasteiger charge is -2.20. The molecule has 1 aromatic heterocycles. The summed E-state index contributed by atoms with van der Waals surface area (Å²) >= 11 is 0. The summed E-state index contributed by atoms with van der Waals surface area (Å²) in [7, 11) is -1.39. The van der Waals surface area contributed by atoms with Crippen molar-refractivity contribution in [2.24, 2.45) is 5.73 Å². The molecule has 0 saturated heterocycles. The molecular formula is C10H16N4O2S. The maximum Gasteiger partial charge on any atom is 0.253 e. The van der Waals surface area contributed by atoms with E-state index >= 15 is 0 Å². The van der Waals surface area contributed by atoms with Gasteiger partial charge in [0.2, 0.25) is 5.95 Å². The van der Waals surface area contributed by atoms with E-state index in [9.17, 15) is 9.00 Å². The summed E-state index contributed by atoms with van der Waals surface area (Å²) in [6.07, 6.45) is 2.73. The summed E-state index contributed by atoms with van der Waals surface area (Å²) in [4.78, 5) is 19.1. The van der Waals surface area contributed by atoms with Crippen LogP contribution in [0, 0.1) is 0 Å². The van der Waals surface area contributed by atoms with Gasteiger partial charge in [0.1, 0.15) is 5.03 Å². The van der Waals surface area contributed by atoms with Gasteiger partial charge in [0.15, 0.2) is 0 Å². The standard InChI is InChI=1S/C10H16N4O2S/c1-10(2,3)14-9-12-5-6(7(11)15)8(13-9)17(4)16/h5H,1-4H3,(H2,11,15)(H,12,13,14)/t17-/m0/s1. The smallest absolute Gasteiger partial charge is 0.253 e. The molecule has 0 aromatic carbocycles. The first-order chi connectivity index (χ1) is 7.70. The minimum absolute atomic E-state index is 0.0882. The number of carbonyl (C=O) groups excluding carboxylic acids is 1. The number of nitrogens with two attached hydrogens (primary N) is 1. The van der Waals surface area contributed by atoms with Crippen LogP contribution in [0.1, 0.15) is 31.1 Å². The first-order valence-corrected chi connectivity index (χ1v) is 6.55. The minimum Gasteiger partial charge on any atom is -0.365 e. The number of anilines is 1. The molecule has 0 aliphatic heterocycles. The Bertz CT molecular complexity index is 468. The molecule has 0 spiro atoms. The molecule has 1 rings (SSSR count). The van der Waals surface area contributed by atoms with Crippen LogP contribution in [-0.4, -0.2) is 31.9 Å². The molecule has 1 aromatic rings. The summed E-state index contributed by atoms with van der Waals surface area (Å²) in [6.45, 7) is 5.84. The third-order valence-electron chi connectivity index (χ3n) is 1.78. The Hall–Kier alpha value is -1.50. The quantitative estimate of drug-likeness (QED) is 0.768. The summed E-state index contributed by atoms with van der Waals surface area (Å²) in [6, 6.07) is 0. The first kappa shape index (κ1) is 13.6. The Morgan fingerprint density at radius 2 is 2.06 bits per heavy atom. The van der Waals surface area contributed by atoms with Crippen molar-refractivity contribution in [3.63, 3.8) is 0 Å². The Morgan fingerprint density at radius 1 is 1.47 bits per heavy atom. The zero-order chi connectivity index (χ0) is 13.2. The van der Waals surface area contributed by atoms with Crippen molar-refractivity contribution >= 4 is 22.7 Å². The second-order valence-corrected chi connectivity index (χ2v) is 5.90. The molecule has 0 bridgehead atoms. The average Bonchev–Trinajstić information content (AvgIpc) is 2.14. The third kappa shape index (κ3) is 3.77. The van der Waals surface area contributed by atoms with Crippen LogP contribution in [0.15, 0.2) is 11.2 Å². The maximum absolute atomic E-state index is 11.5. The fourth-order valence-electron chi connectivity index (χ4n) is 1.15. The van der Waals surface area contributed by atoms with Crippen molar-refractivity contribution in [3.8, 4) is 0 Å². The molecule has 17 heavy (non-hydrogen) atoms. The second kappa shape index (κ2) is 4.79.